The van der Waals surface area contributed by atoms with E-state index in [1.807, 2.05) is 13.8 Å². The predicted molar refractivity (Wildman–Crippen MR) is 91.6 cm³/mol. The zero-order valence-corrected chi connectivity index (χ0v) is 15.4. The number of likely N-dealkylation sites (tertiary alicyclic amines) is 1. The molecule has 2 saturated heterocycles. The topological polar surface area (TPSA) is 49.9 Å². The largest absolute Gasteiger partial charge is 0.416 e. The van der Waals surface area contributed by atoms with Gasteiger partial charge in [-0.15, -0.1) is 0 Å². The predicted octanol–water partition coefficient (Wildman–Crippen LogP) is 2.69. The Hall–Kier alpha value is -2.09. The minimum Gasteiger partial charge on any atom is -0.377 e. The summed E-state index contributed by atoms with van der Waals surface area (Å²) in [4.78, 5) is 28.4. The van der Waals surface area contributed by atoms with Gasteiger partial charge in [0.1, 0.15) is 0 Å². The first-order valence-electron chi connectivity index (χ1n) is 8.91. The lowest BCUT2D eigenvalue weighted by Gasteiger charge is -2.43. The summed E-state index contributed by atoms with van der Waals surface area (Å²) < 4.78 is 44.0. The molecule has 2 heterocycles. The second-order valence-corrected chi connectivity index (χ2v) is 7.73. The normalized spacial score (nSPS) is 23.0. The van der Waals surface area contributed by atoms with Crippen LogP contribution >= 0.6 is 0 Å². The number of rotatable bonds is 3. The van der Waals surface area contributed by atoms with Gasteiger partial charge in [-0.3, -0.25) is 9.59 Å². The molecule has 8 heteroatoms. The molecule has 2 aliphatic rings. The van der Waals surface area contributed by atoms with Crippen LogP contribution in [-0.2, 0) is 27.0 Å². The highest BCUT2D eigenvalue weighted by Crippen LogP contribution is 2.31. The zero-order chi connectivity index (χ0) is 19.8. The van der Waals surface area contributed by atoms with E-state index in [0.717, 1.165) is 12.1 Å². The summed E-state index contributed by atoms with van der Waals surface area (Å²) in [5.74, 6) is -0.777. The second-order valence-electron chi connectivity index (χ2n) is 7.73. The van der Waals surface area contributed by atoms with Crippen LogP contribution in [0.1, 0.15) is 31.4 Å². The number of hydrogen-bond donors (Lipinski definition) is 0. The average molecular weight is 384 g/mol. The maximum atomic E-state index is 12.9. The number of alkyl halides is 3. The number of nitrogens with zero attached hydrogens (tertiary/aromatic N) is 2. The van der Waals surface area contributed by atoms with Crippen molar-refractivity contribution in [1.29, 1.82) is 0 Å². The van der Waals surface area contributed by atoms with Gasteiger partial charge in [-0.1, -0.05) is 12.1 Å². The Kier molecular flexibility index (Phi) is 5.20. The Balaban J connectivity index is 1.68. The van der Waals surface area contributed by atoms with Gasteiger partial charge < -0.3 is 14.5 Å². The molecule has 0 spiro atoms. The van der Waals surface area contributed by atoms with Crippen molar-refractivity contribution in [2.75, 3.05) is 26.3 Å². The van der Waals surface area contributed by atoms with Gasteiger partial charge in [0.15, 0.2) is 0 Å². The summed E-state index contributed by atoms with van der Waals surface area (Å²) >= 11 is 0. The first-order chi connectivity index (χ1) is 12.6. The van der Waals surface area contributed by atoms with Gasteiger partial charge in [0, 0.05) is 26.1 Å². The highest BCUT2D eigenvalue weighted by molar-refractivity contribution is 5.89. The Morgan fingerprint density at radius 3 is 2.74 bits per heavy atom. The molecular formula is C19H23F3N2O3. The minimum absolute atomic E-state index is 0.0685. The summed E-state index contributed by atoms with van der Waals surface area (Å²) in [6.07, 6.45) is -4.34. The van der Waals surface area contributed by atoms with Crippen molar-refractivity contribution in [3.8, 4) is 0 Å². The maximum absolute atomic E-state index is 12.9. The smallest absolute Gasteiger partial charge is 0.377 e. The maximum Gasteiger partial charge on any atom is 0.416 e. The molecule has 148 valence electrons. The average Bonchev–Trinajstić information content (AvgIpc) is 2.94. The highest BCUT2D eigenvalue weighted by Gasteiger charge is 2.42. The standard InChI is InChI=1S/C19H23F3N2O3/c1-18(2)12-27-7-6-24(18)17(26)14-9-16(25)23(11-14)10-13-4-3-5-15(8-13)19(20,21)22/h3-5,8,14H,6-7,9-12H2,1-2H3. The van der Waals surface area contributed by atoms with Crippen molar-refractivity contribution in [2.45, 2.75) is 38.5 Å². The second kappa shape index (κ2) is 7.14. The summed E-state index contributed by atoms with van der Waals surface area (Å²) in [7, 11) is 0. The fraction of sp³-hybridized carbons (Fsp3) is 0.579. The number of benzene rings is 1. The quantitative estimate of drug-likeness (QED) is 0.805. The van der Waals surface area contributed by atoms with Crippen molar-refractivity contribution in [2.24, 2.45) is 5.92 Å². The van der Waals surface area contributed by atoms with Gasteiger partial charge >= 0.3 is 6.18 Å². The van der Waals surface area contributed by atoms with Crippen LogP contribution in [0.2, 0.25) is 0 Å². The third-order valence-corrected chi connectivity index (χ3v) is 5.10. The SMILES string of the molecule is CC1(C)COCCN1C(=O)C1CC(=O)N(Cc2cccc(C(F)(F)F)c2)C1. The number of morpholine rings is 1. The van der Waals surface area contributed by atoms with Crippen LogP contribution in [-0.4, -0.2) is 53.5 Å². The molecule has 27 heavy (non-hydrogen) atoms. The van der Waals surface area contributed by atoms with Crippen LogP contribution < -0.4 is 0 Å². The van der Waals surface area contributed by atoms with E-state index in [1.165, 1.54) is 11.0 Å². The lowest BCUT2D eigenvalue weighted by Crippen LogP contribution is -2.57. The summed E-state index contributed by atoms with van der Waals surface area (Å²) in [6, 6.07) is 4.94. The monoisotopic (exact) mass is 384 g/mol. The van der Waals surface area contributed by atoms with E-state index < -0.39 is 23.2 Å². The molecule has 0 saturated carbocycles. The third-order valence-electron chi connectivity index (χ3n) is 5.10. The molecule has 2 aliphatic heterocycles. The van der Waals surface area contributed by atoms with Gasteiger partial charge in [-0.05, 0) is 31.5 Å². The van der Waals surface area contributed by atoms with Crippen LogP contribution in [0.15, 0.2) is 24.3 Å². The van der Waals surface area contributed by atoms with Crippen LogP contribution in [0.25, 0.3) is 0 Å². The van der Waals surface area contributed by atoms with Gasteiger partial charge in [0.25, 0.3) is 0 Å². The number of amides is 2. The van der Waals surface area contributed by atoms with E-state index in [0.29, 0.717) is 25.3 Å². The van der Waals surface area contributed by atoms with Crippen molar-refractivity contribution >= 4 is 11.8 Å². The Bertz CT molecular complexity index is 733. The van der Waals surface area contributed by atoms with E-state index in [1.54, 1.807) is 11.0 Å². The first-order valence-corrected chi connectivity index (χ1v) is 8.91. The lowest BCUT2D eigenvalue weighted by molar-refractivity contribution is -0.150. The molecule has 0 aromatic heterocycles. The molecule has 1 aromatic rings. The number of halogens is 3. The molecule has 5 nitrogen and oxygen atoms in total. The van der Waals surface area contributed by atoms with Gasteiger partial charge in [0.2, 0.25) is 11.8 Å². The number of carbonyl (C=O) groups excluding carboxylic acids is 2. The Morgan fingerprint density at radius 1 is 1.33 bits per heavy atom. The minimum atomic E-state index is -4.43. The summed E-state index contributed by atoms with van der Waals surface area (Å²) in [5.41, 5.74) is -0.778. The third kappa shape index (κ3) is 4.26. The van der Waals surface area contributed by atoms with Crippen LogP contribution in [0.5, 0.6) is 0 Å². The first kappa shape index (κ1) is 19.7. The number of carbonyl (C=O) groups is 2. The fourth-order valence-corrected chi connectivity index (χ4v) is 3.64. The molecule has 3 rings (SSSR count). The number of ether oxygens (including phenoxy) is 1. The highest BCUT2D eigenvalue weighted by atomic mass is 19.4. The molecular weight excluding hydrogens is 361 g/mol. The van der Waals surface area contributed by atoms with E-state index in [4.69, 9.17) is 4.74 Å². The number of hydrogen-bond acceptors (Lipinski definition) is 3. The van der Waals surface area contributed by atoms with Gasteiger partial charge in [-0.2, -0.15) is 13.2 Å². The molecule has 1 unspecified atom stereocenters. The molecule has 0 bridgehead atoms. The van der Waals surface area contributed by atoms with Crippen molar-refractivity contribution in [3.63, 3.8) is 0 Å². The van der Waals surface area contributed by atoms with Crippen LogP contribution in [0.3, 0.4) is 0 Å². The summed E-state index contributed by atoms with van der Waals surface area (Å²) in [6.45, 7) is 5.50. The molecule has 2 fully saturated rings. The Morgan fingerprint density at radius 2 is 2.07 bits per heavy atom. The zero-order valence-electron chi connectivity index (χ0n) is 15.4. The molecule has 0 aliphatic carbocycles. The van der Waals surface area contributed by atoms with E-state index in [9.17, 15) is 22.8 Å². The van der Waals surface area contributed by atoms with E-state index in [-0.39, 0.29) is 31.3 Å². The van der Waals surface area contributed by atoms with Crippen LogP contribution in [0, 0.1) is 5.92 Å². The molecule has 1 atom stereocenters. The Labute approximate surface area is 156 Å². The molecule has 2 amide bonds. The lowest BCUT2D eigenvalue weighted by atomic mass is 9.98. The summed E-state index contributed by atoms with van der Waals surface area (Å²) in [5, 5.41) is 0. The van der Waals surface area contributed by atoms with Gasteiger partial charge in [-0.25, -0.2) is 0 Å². The van der Waals surface area contributed by atoms with Gasteiger partial charge in [0.05, 0.1) is 30.2 Å². The van der Waals surface area contributed by atoms with E-state index in [2.05, 4.69) is 0 Å². The van der Waals surface area contributed by atoms with Crippen molar-refractivity contribution in [3.05, 3.63) is 35.4 Å². The fourth-order valence-electron chi connectivity index (χ4n) is 3.64. The van der Waals surface area contributed by atoms with Crippen LogP contribution in [0.4, 0.5) is 13.2 Å². The molecule has 0 radical (unpaired) electrons. The molecule has 1 aromatic carbocycles. The van der Waals surface area contributed by atoms with E-state index >= 15 is 0 Å². The molecule has 0 N–H and O–H groups in total. The van der Waals surface area contributed by atoms with Crippen molar-refractivity contribution in [1.82, 2.24) is 9.80 Å². The van der Waals surface area contributed by atoms with Crippen molar-refractivity contribution < 1.29 is 27.5 Å².